The number of halogens is 1. The molecule has 1 aromatic rings. The van der Waals surface area contributed by atoms with E-state index in [1.54, 1.807) is 4.90 Å². The Bertz CT molecular complexity index is 956. The van der Waals surface area contributed by atoms with Gasteiger partial charge in [0, 0.05) is 25.7 Å². The first-order valence-corrected chi connectivity index (χ1v) is 11.6. The zero-order chi connectivity index (χ0) is 22.6. The smallest absolute Gasteiger partial charge is 0.241 e. The Morgan fingerprint density at radius 3 is 2.59 bits per heavy atom. The van der Waals surface area contributed by atoms with Gasteiger partial charge in [0.2, 0.25) is 11.8 Å². The predicted octanol–water partition coefficient (Wildman–Crippen LogP) is 1.58. The number of rotatable bonds is 5. The molecule has 3 aliphatic heterocycles. The summed E-state index contributed by atoms with van der Waals surface area (Å²) in [4.78, 5) is 32.1. The summed E-state index contributed by atoms with van der Waals surface area (Å²) in [6, 6.07) is 7.44. The maximum atomic E-state index is 13.5. The number of hydrogen-bond donors (Lipinski definition) is 1. The first-order valence-electron chi connectivity index (χ1n) is 11.6. The second-order valence-electron chi connectivity index (χ2n) is 10.0. The maximum Gasteiger partial charge on any atom is 0.241 e. The van der Waals surface area contributed by atoms with E-state index >= 15 is 0 Å². The Morgan fingerprint density at radius 2 is 2.00 bits per heavy atom. The average Bonchev–Trinajstić information content (AvgIpc) is 3.41. The van der Waals surface area contributed by atoms with Gasteiger partial charge in [-0.25, -0.2) is 4.39 Å². The van der Waals surface area contributed by atoms with Gasteiger partial charge >= 0.3 is 0 Å². The fourth-order valence-corrected chi connectivity index (χ4v) is 6.32. The third-order valence-corrected chi connectivity index (χ3v) is 7.98. The topological polar surface area (TPSA) is 93.7 Å². The third kappa shape index (κ3) is 3.22. The van der Waals surface area contributed by atoms with Crippen LogP contribution in [0.3, 0.4) is 0 Å². The number of nitrogens with zero attached hydrogens (tertiary/aromatic N) is 4. The van der Waals surface area contributed by atoms with Crippen molar-refractivity contribution in [2.75, 3.05) is 19.6 Å². The van der Waals surface area contributed by atoms with Crippen LogP contribution in [0.25, 0.3) is 0 Å². The first-order chi connectivity index (χ1) is 15.3. The first kappa shape index (κ1) is 21.4. The summed E-state index contributed by atoms with van der Waals surface area (Å²) in [7, 11) is 0. The molecule has 170 valence electrons. The Hall–Kier alpha value is -2.50. The van der Waals surface area contributed by atoms with E-state index < -0.39 is 12.1 Å². The van der Waals surface area contributed by atoms with Gasteiger partial charge in [0.25, 0.3) is 0 Å². The monoisotopic (exact) mass is 439 g/mol. The number of hydrogen-bond acceptors (Lipinski definition) is 5. The number of benzene rings is 1. The molecule has 2 amide bonds. The van der Waals surface area contributed by atoms with Gasteiger partial charge in [0.15, 0.2) is 0 Å². The number of carbonyl (C=O) groups excluding carboxylic acids is 2. The maximum absolute atomic E-state index is 13.5. The Morgan fingerprint density at radius 1 is 1.28 bits per heavy atom. The standard InChI is InChI=1S/C24H30FN5O2/c1-15-9-18(11-26)29(12-15)22(31)20(27)14-28-13-19-10-21(28)23(32)30(19)24(7-2-8-24)16-3-5-17(25)6-4-16/h3-6,15,18-21H,2,7-10,12-14,27H2,1H3/t15?,18?,19-,20?,21?/m0/s1. The minimum atomic E-state index is -0.744. The molecule has 4 unspecified atom stereocenters. The SMILES string of the molecule is CC1CC(C#N)N(C(=O)C(N)CN2C[C@@H]3CC2C(=O)N3C2(c3ccc(F)cc3)CCC2)C1. The molecule has 3 heterocycles. The molecule has 1 aromatic carbocycles. The Kier molecular flexibility index (Phi) is 5.22. The molecule has 0 radical (unpaired) electrons. The second-order valence-corrected chi connectivity index (χ2v) is 10.0. The molecule has 2 N–H and O–H groups in total. The Labute approximate surface area is 187 Å². The van der Waals surface area contributed by atoms with Crippen molar-refractivity contribution in [3.8, 4) is 6.07 Å². The van der Waals surface area contributed by atoms with E-state index in [0.717, 1.165) is 31.2 Å². The lowest BCUT2D eigenvalue weighted by atomic mass is 9.70. The highest BCUT2D eigenvalue weighted by molar-refractivity contribution is 5.87. The molecule has 0 spiro atoms. The summed E-state index contributed by atoms with van der Waals surface area (Å²) < 4.78 is 13.5. The van der Waals surface area contributed by atoms with Gasteiger partial charge in [-0.2, -0.15) is 5.26 Å². The highest BCUT2D eigenvalue weighted by atomic mass is 19.1. The highest BCUT2D eigenvalue weighted by Gasteiger charge is 2.59. The van der Waals surface area contributed by atoms with Gasteiger partial charge in [-0.05, 0) is 55.7 Å². The molecule has 2 bridgehead atoms. The van der Waals surface area contributed by atoms with Crippen molar-refractivity contribution in [1.82, 2.24) is 14.7 Å². The summed E-state index contributed by atoms with van der Waals surface area (Å²) in [6.45, 7) is 3.61. The number of piperazine rings is 1. The van der Waals surface area contributed by atoms with Crippen molar-refractivity contribution < 1.29 is 14.0 Å². The van der Waals surface area contributed by atoms with Gasteiger partial charge in [-0.3, -0.25) is 14.5 Å². The fourth-order valence-electron chi connectivity index (χ4n) is 6.32. The van der Waals surface area contributed by atoms with Crippen LogP contribution in [0.4, 0.5) is 4.39 Å². The molecule has 4 fully saturated rings. The molecule has 5 atom stereocenters. The molecule has 32 heavy (non-hydrogen) atoms. The summed E-state index contributed by atoms with van der Waals surface area (Å²) in [6.07, 6.45) is 4.27. The van der Waals surface area contributed by atoms with Crippen molar-refractivity contribution >= 4 is 11.8 Å². The van der Waals surface area contributed by atoms with E-state index in [9.17, 15) is 19.2 Å². The van der Waals surface area contributed by atoms with Crippen LogP contribution in [0, 0.1) is 23.1 Å². The van der Waals surface area contributed by atoms with E-state index in [4.69, 9.17) is 5.73 Å². The summed E-state index contributed by atoms with van der Waals surface area (Å²) >= 11 is 0. The lowest BCUT2D eigenvalue weighted by molar-refractivity contribution is -0.150. The fraction of sp³-hybridized carbons (Fsp3) is 0.625. The van der Waals surface area contributed by atoms with E-state index in [1.165, 1.54) is 12.1 Å². The van der Waals surface area contributed by atoms with Gasteiger partial charge in [-0.15, -0.1) is 0 Å². The highest BCUT2D eigenvalue weighted by Crippen LogP contribution is 2.51. The number of nitriles is 1. The molecule has 4 aliphatic rings. The summed E-state index contributed by atoms with van der Waals surface area (Å²) in [5.41, 5.74) is 6.95. The van der Waals surface area contributed by atoms with Crippen molar-refractivity contribution in [3.05, 3.63) is 35.6 Å². The summed E-state index contributed by atoms with van der Waals surface area (Å²) in [5, 5.41) is 9.37. The van der Waals surface area contributed by atoms with Gasteiger partial charge in [0.05, 0.1) is 23.7 Å². The normalized spacial score (nSPS) is 32.1. The number of nitrogens with two attached hydrogens (primary N) is 1. The van der Waals surface area contributed by atoms with Crippen LogP contribution in [-0.2, 0) is 15.1 Å². The lowest BCUT2D eigenvalue weighted by Gasteiger charge is -2.53. The predicted molar refractivity (Wildman–Crippen MR) is 115 cm³/mol. The third-order valence-electron chi connectivity index (χ3n) is 7.98. The molecule has 5 rings (SSSR count). The number of amides is 2. The van der Waals surface area contributed by atoms with Crippen LogP contribution in [-0.4, -0.2) is 70.3 Å². The van der Waals surface area contributed by atoms with Crippen LogP contribution in [0.2, 0.25) is 0 Å². The molecule has 8 heteroatoms. The van der Waals surface area contributed by atoms with E-state index in [2.05, 4.69) is 6.07 Å². The summed E-state index contributed by atoms with van der Waals surface area (Å²) in [5.74, 6) is -0.0865. The van der Waals surface area contributed by atoms with Crippen LogP contribution in [0.5, 0.6) is 0 Å². The minimum absolute atomic E-state index is 0.0822. The molecule has 7 nitrogen and oxygen atoms in total. The van der Waals surface area contributed by atoms with E-state index in [-0.39, 0.29) is 35.3 Å². The average molecular weight is 440 g/mol. The second kappa shape index (κ2) is 7.82. The molecule has 1 saturated carbocycles. The van der Waals surface area contributed by atoms with Gasteiger partial charge < -0.3 is 15.5 Å². The van der Waals surface area contributed by atoms with Gasteiger partial charge in [-0.1, -0.05) is 19.1 Å². The van der Waals surface area contributed by atoms with E-state index in [0.29, 0.717) is 32.0 Å². The minimum Gasteiger partial charge on any atom is -0.327 e. The lowest BCUT2D eigenvalue weighted by Crippen LogP contribution is -2.62. The number of fused-ring (bicyclic) bond motifs is 2. The largest absolute Gasteiger partial charge is 0.327 e. The molecule has 1 aliphatic carbocycles. The van der Waals surface area contributed by atoms with Gasteiger partial charge in [0.1, 0.15) is 11.9 Å². The zero-order valence-corrected chi connectivity index (χ0v) is 18.4. The molecule has 0 aromatic heterocycles. The van der Waals surface area contributed by atoms with E-state index in [1.807, 2.05) is 28.9 Å². The van der Waals surface area contributed by atoms with Crippen molar-refractivity contribution in [1.29, 1.82) is 5.26 Å². The number of carbonyl (C=O) groups is 2. The van der Waals surface area contributed by atoms with Crippen LogP contribution >= 0.6 is 0 Å². The number of likely N-dealkylation sites (tertiary alicyclic amines) is 3. The van der Waals surface area contributed by atoms with Crippen molar-refractivity contribution in [2.45, 2.75) is 68.7 Å². The Balaban J connectivity index is 1.27. The van der Waals surface area contributed by atoms with Crippen LogP contribution in [0.1, 0.15) is 44.6 Å². The van der Waals surface area contributed by atoms with Crippen LogP contribution < -0.4 is 5.73 Å². The van der Waals surface area contributed by atoms with Crippen LogP contribution in [0.15, 0.2) is 24.3 Å². The molecule has 3 saturated heterocycles. The molecular weight excluding hydrogens is 409 g/mol. The zero-order valence-electron chi connectivity index (χ0n) is 18.4. The van der Waals surface area contributed by atoms with Crippen molar-refractivity contribution in [2.24, 2.45) is 11.7 Å². The van der Waals surface area contributed by atoms with Crippen molar-refractivity contribution in [3.63, 3.8) is 0 Å². The quantitative estimate of drug-likeness (QED) is 0.752. The molecular formula is C24H30FN5O2.